The van der Waals surface area contributed by atoms with Crippen molar-refractivity contribution in [1.29, 1.82) is 0 Å². The van der Waals surface area contributed by atoms with E-state index in [1.807, 2.05) is 54.6 Å². The molecule has 1 unspecified atom stereocenters. The predicted octanol–water partition coefficient (Wildman–Crippen LogP) is 2.16. The average molecular weight is 258 g/mol. The summed E-state index contributed by atoms with van der Waals surface area (Å²) in [6.07, 6.45) is -0.244. The van der Waals surface area contributed by atoms with Crippen molar-refractivity contribution >= 4 is 0 Å². The maximum Gasteiger partial charge on any atom is 0.119 e. The van der Waals surface area contributed by atoms with Gasteiger partial charge in [0.05, 0.1) is 12.7 Å². The highest BCUT2D eigenvalue weighted by atomic mass is 16.5. The first-order valence-corrected chi connectivity index (χ1v) is 6.32. The summed E-state index contributed by atoms with van der Waals surface area (Å²) in [5.41, 5.74) is 2.11. The van der Waals surface area contributed by atoms with E-state index in [1.54, 1.807) is 0 Å². The van der Waals surface area contributed by atoms with Crippen molar-refractivity contribution in [2.45, 2.75) is 19.1 Å². The van der Waals surface area contributed by atoms with Crippen LogP contribution in [0.4, 0.5) is 0 Å². The van der Waals surface area contributed by atoms with E-state index in [0.717, 1.165) is 16.9 Å². The lowest BCUT2D eigenvalue weighted by atomic mass is 10.1. The van der Waals surface area contributed by atoms with Gasteiger partial charge in [0.1, 0.15) is 12.4 Å². The quantitative estimate of drug-likeness (QED) is 0.834. The molecule has 100 valence electrons. The lowest BCUT2D eigenvalue weighted by Crippen LogP contribution is -2.14. The Morgan fingerprint density at radius 3 is 2.21 bits per heavy atom. The summed E-state index contributed by atoms with van der Waals surface area (Å²) in [6.45, 7) is 0.325. The number of aliphatic hydroxyl groups is 2. The van der Waals surface area contributed by atoms with Crippen molar-refractivity contribution in [2.75, 3.05) is 6.61 Å². The van der Waals surface area contributed by atoms with Gasteiger partial charge >= 0.3 is 0 Å². The minimum atomic E-state index is -0.698. The molecule has 2 N–H and O–H groups in total. The van der Waals surface area contributed by atoms with Crippen LogP contribution >= 0.6 is 0 Å². The molecule has 0 aliphatic rings. The lowest BCUT2D eigenvalue weighted by molar-refractivity contribution is 0.0955. The minimum absolute atomic E-state index is 0.216. The van der Waals surface area contributed by atoms with Crippen LogP contribution in [-0.2, 0) is 13.0 Å². The van der Waals surface area contributed by atoms with Crippen LogP contribution in [-0.4, -0.2) is 22.9 Å². The summed E-state index contributed by atoms with van der Waals surface area (Å²) in [5, 5.41) is 18.1. The Hall–Kier alpha value is -1.84. The summed E-state index contributed by atoms with van der Waals surface area (Å²) in [6, 6.07) is 17.5. The molecular weight excluding hydrogens is 240 g/mol. The van der Waals surface area contributed by atoms with E-state index < -0.39 is 6.10 Å². The predicted molar refractivity (Wildman–Crippen MR) is 74.0 cm³/mol. The molecule has 0 heterocycles. The zero-order valence-corrected chi connectivity index (χ0v) is 10.7. The number of rotatable bonds is 6. The highest BCUT2D eigenvalue weighted by Crippen LogP contribution is 2.15. The van der Waals surface area contributed by atoms with Crippen LogP contribution in [0.5, 0.6) is 5.75 Å². The van der Waals surface area contributed by atoms with Gasteiger partial charge in [-0.1, -0.05) is 42.5 Å². The number of aliphatic hydroxyl groups excluding tert-OH is 2. The molecule has 19 heavy (non-hydrogen) atoms. The molecule has 2 aromatic carbocycles. The number of ether oxygens (including phenoxy) is 1. The van der Waals surface area contributed by atoms with Crippen LogP contribution in [0.25, 0.3) is 0 Å². The molecule has 0 spiro atoms. The van der Waals surface area contributed by atoms with Crippen LogP contribution in [0.2, 0.25) is 0 Å². The monoisotopic (exact) mass is 258 g/mol. The fourth-order valence-corrected chi connectivity index (χ4v) is 1.80. The molecule has 2 aromatic rings. The fraction of sp³-hybridized carbons (Fsp3) is 0.250. The molecule has 0 radical (unpaired) electrons. The Bertz CT molecular complexity index is 479. The second-order valence-electron chi connectivity index (χ2n) is 4.46. The molecule has 0 bridgehead atoms. The topological polar surface area (TPSA) is 49.7 Å². The molecule has 0 fully saturated rings. The largest absolute Gasteiger partial charge is 0.489 e. The third-order valence-corrected chi connectivity index (χ3v) is 2.85. The van der Waals surface area contributed by atoms with Crippen molar-refractivity contribution in [3.8, 4) is 5.75 Å². The van der Waals surface area contributed by atoms with Gasteiger partial charge in [0, 0.05) is 6.42 Å². The Labute approximate surface area is 113 Å². The van der Waals surface area contributed by atoms with E-state index in [4.69, 9.17) is 9.84 Å². The molecule has 0 saturated heterocycles. The molecular formula is C16H18O3. The number of benzene rings is 2. The molecule has 0 aliphatic carbocycles. The summed E-state index contributed by atoms with van der Waals surface area (Å²) >= 11 is 0. The van der Waals surface area contributed by atoms with Gasteiger partial charge in [0.15, 0.2) is 0 Å². The molecule has 0 aromatic heterocycles. The van der Waals surface area contributed by atoms with Gasteiger partial charge < -0.3 is 14.9 Å². The molecule has 0 saturated carbocycles. The first kappa shape index (κ1) is 13.6. The van der Waals surface area contributed by atoms with Crippen LogP contribution in [0.15, 0.2) is 54.6 Å². The van der Waals surface area contributed by atoms with Gasteiger partial charge in [0.25, 0.3) is 0 Å². The molecule has 3 heteroatoms. The minimum Gasteiger partial charge on any atom is -0.489 e. The maximum absolute atomic E-state index is 9.35. The molecule has 0 amide bonds. The van der Waals surface area contributed by atoms with Gasteiger partial charge in [-0.05, 0) is 23.3 Å². The Kier molecular flexibility index (Phi) is 4.95. The normalized spacial score (nSPS) is 12.1. The number of hydrogen-bond acceptors (Lipinski definition) is 3. The number of hydrogen-bond donors (Lipinski definition) is 2. The third-order valence-electron chi connectivity index (χ3n) is 2.85. The Balaban J connectivity index is 1.88. The van der Waals surface area contributed by atoms with E-state index in [9.17, 15) is 5.11 Å². The SMILES string of the molecule is OCC(O)Cc1ccc(OCc2ccccc2)cc1. The standard InChI is InChI=1S/C16H18O3/c17-11-15(18)10-13-6-8-16(9-7-13)19-12-14-4-2-1-3-5-14/h1-9,15,17-18H,10-12H2. The fourth-order valence-electron chi connectivity index (χ4n) is 1.80. The van der Waals surface area contributed by atoms with Crippen LogP contribution in [0, 0.1) is 0 Å². The van der Waals surface area contributed by atoms with E-state index in [2.05, 4.69) is 0 Å². The van der Waals surface area contributed by atoms with Gasteiger partial charge in [-0.25, -0.2) is 0 Å². The van der Waals surface area contributed by atoms with E-state index in [1.165, 1.54) is 0 Å². The molecule has 2 rings (SSSR count). The first-order valence-electron chi connectivity index (χ1n) is 6.32. The van der Waals surface area contributed by atoms with Crippen LogP contribution in [0.3, 0.4) is 0 Å². The second kappa shape index (κ2) is 6.92. The van der Waals surface area contributed by atoms with Crippen molar-refractivity contribution in [2.24, 2.45) is 0 Å². The van der Waals surface area contributed by atoms with Gasteiger partial charge in [-0.2, -0.15) is 0 Å². The van der Waals surface area contributed by atoms with Crippen molar-refractivity contribution in [3.05, 3.63) is 65.7 Å². The van der Waals surface area contributed by atoms with Crippen molar-refractivity contribution < 1.29 is 14.9 Å². The summed E-state index contributed by atoms with van der Waals surface area (Å²) in [4.78, 5) is 0. The van der Waals surface area contributed by atoms with Gasteiger partial charge in [0.2, 0.25) is 0 Å². The summed E-state index contributed by atoms with van der Waals surface area (Å²) < 4.78 is 5.67. The zero-order valence-electron chi connectivity index (χ0n) is 10.7. The summed E-state index contributed by atoms with van der Waals surface area (Å²) in [7, 11) is 0. The first-order chi connectivity index (χ1) is 9.28. The zero-order chi connectivity index (χ0) is 13.5. The van der Waals surface area contributed by atoms with Gasteiger partial charge in [-0.3, -0.25) is 0 Å². The van der Waals surface area contributed by atoms with Gasteiger partial charge in [-0.15, -0.1) is 0 Å². The average Bonchev–Trinajstić information content (AvgIpc) is 2.47. The molecule has 3 nitrogen and oxygen atoms in total. The van der Waals surface area contributed by atoms with Crippen LogP contribution in [0.1, 0.15) is 11.1 Å². The third kappa shape index (κ3) is 4.39. The van der Waals surface area contributed by atoms with E-state index >= 15 is 0 Å². The van der Waals surface area contributed by atoms with E-state index in [0.29, 0.717) is 13.0 Å². The second-order valence-corrected chi connectivity index (χ2v) is 4.46. The Morgan fingerprint density at radius 2 is 1.58 bits per heavy atom. The molecule has 1 atom stereocenters. The smallest absolute Gasteiger partial charge is 0.119 e. The Morgan fingerprint density at radius 1 is 0.895 bits per heavy atom. The highest BCUT2D eigenvalue weighted by molar-refractivity contribution is 5.28. The summed E-state index contributed by atoms with van der Waals surface area (Å²) in [5.74, 6) is 0.797. The van der Waals surface area contributed by atoms with Crippen molar-refractivity contribution in [3.63, 3.8) is 0 Å². The van der Waals surface area contributed by atoms with Crippen molar-refractivity contribution in [1.82, 2.24) is 0 Å². The maximum atomic E-state index is 9.35. The molecule has 0 aliphatic heterocycles. The van der Waals surface area contributed by atoms with E-state index in [-0.39, 0.29) is 6.61 Å². The lowest BCUT2D eigenvalue weighted by Gasteiger charge is -2.09. The van der Waals surface area contributed by atoms with Crippen LogP contribution < -0.4 is 4.74 Å². The highest BCUT2D eigenvalue weighted by Gasteiger charge is 2.03.